The predicted octanol–water partition coefficient (Wildman–Crippen LogP) is 3.30. The van der Waals surface area contributed by atoms with Crippen LogP contribution in [0.15, 0.2) is 52.2 Å². The highest BCUT2D eigenvalue weighted by molar-refractivity contribution is 7.89. The van der Waals surface area contributed by atoms with E-state index in [1.54, 1.807) is 24.3 Å². The van der Waals surface area contributed by atoms with Crippen LogP contribution < -0.4 is 5.56 Å². The molecular formula is C20H20Cl2N4O3S. The Labute approximate surface area is 184 Å². The van der Waals surface area contributed by atoms with E-state index in [1.807, 2.05) is 13.0 Å². The van der Waals surface area contributed by atoms with E-state index in [-0.39, 0.29) is 21.5 Å². The van der Waals surface area contributed by atoms with Gasteiger partial charge in [-0.05, 0) is 37.3 Å². The van der Waals surface area contributed by atoms with Crippen LogP contribution in [0.1, 0.15) is 18.8 Å². The van der Waals surface area contributed by atoms with Gasteiger partial charge in [0, 0.05) is 31.2 Å². The number of para-hydroxylation sites is 1. The first-order valence-corrected chi connectivity index (χ1v) is 11.6. The van der Waals surface area contributed by atoms with Gasteiger partial charge < -0.3 is 4.98 Å². The van der Waals surface area contributed by atoms with Crippen LogP contribution in [-0.2, 0) is 10.0 Å². The number of rotatable bonds is 4. The summed E-state index contributed by atoms with van der Waals surface area (Å²) in [6.07, 6.45) is 0. The topological polar surface area (TPSA) is 86.4 Å². The van der Waals surface area contributed by atoms with Crippen LogP contribution in [0, 0.1) is 0 Å². The van der Waals surface area contributed by atoms with Crippen LogP contribution in [0.4, 0.5) is 0 Å². The Hall–Kier alpha value is -1.97. The van der Waals surface area contributed by atoms with E-state index < -0.39 is 10.0 Å². The Morgan fingerprint density at radius 1 is 1.07 bits per heavy atom. The first kappa shape index (κ1) is 21.3. The van der Waals surface area contributed by atoms with Crippen LogP contribution in [0.3, 0.4) is 0 Å². The Morgan fingerprint density at radius 3 is 2.50 bits per heavy atom. The van der Waals surface area contributed by atoms with Crippen LogP contribution in [0.5, 0.6) is 0 Å². The molecule has 0 bridgehead atoms. The summed E-state index contributed by atoms with van der Waals surface area (Å²) in [6.45, 7) is 3.54. The molecule has 0 unspecified atom stereocenters. The van der Waals surface area contributed by atoms with E-state index >= 15 is 0 Å². The summed E-state index contributed by atoms with van der Waals surface area (Å²) in [4.78, 5) is 21.9. The van der Waals surface area contributed by atoms with E-state index in [0.29, 0.717) is 47.9 Å². The molecule has 7 nitrogen and oxygen atoms in total. The molecule has 1 fully saturated rings. The van der Waals surface area contributed by atoms with Crippen LogP contribution in [0.2, 0.25) is 10.0 Å². The van der Waals surface area contributed by atoms with Crippen molar-refractivity contribution in [2.45, 2.75) is 17.9 Å². The normalized spacial score (nSPS) is 17.3. The van der Waals surface area contributed by atoms with Gasteiger partial charge in [-0.25, -0.2) is 13.4 Å². The lowest BCUT2D eigenvalue weighted by Gasteiger charge is -2.37. The first-order valence-electron chi connectivity index (χ1n) is 9.45. The standard InChI is InChI=1S/C20H20Cl2N4O3S/c1-13(19-23-17-5-3-2-4-15(17)20(27)24-19)25-8-10-26(11-9-25)30(28,29)18-12-14(21)6-7-16(18)22/h2-7,12-13H,8-11H2,1H3,(H,23,24,27)/t13-/m0/s1. The van der Waals surface area contributed by atoms with Gasteiger partial charge in [0.2, 0.25) is 10.0 Å². The zero-order chi connectivity index (χ0) is 21.5. The average molecular weight is 467 g/mol. The van der Waals surface area contributed by atoms with Crippen molar-refractivity contribution >= 4 is 44.1 Å². The quantitative estimate of drug-likeness (QED) is 0.637. The van der Waals surface area contributed by atoms with Crippen molar-refractivity contribution in [1.82, 2.24) is 19.2 Å². The fourth-order valence-corrected chi connectivity index (χ4v) is 5.78. The maximum atomic E-state index is 13.0. The zero-order valence-electron chi connectivity index (χ0n) is 16.2. The molecule has 2 aromatic carbocycles. The fourth-order valence-electron chi connectivity index (χ4n) is 3.62. The number of H-pyrrole nitrogens is 1. The van der Waals surface area contributed by atoms with Gasteiger partial charge in [-0.1, -0.05) is 35.3 Å². The largest absolute Gasteiger partial charge is 0.309 e. The Kier molecular flexibility index (Phi) is 5.87. The van der Waals surface area contributed by atoms with Gasteiger partial charge in [0.05, 0.1) is 22.0 Å². The minimum Gasteiger partial charge on any atom is -0.309 e. The number of piperazine rings is 1. The molecule has 158 valence electrons. The van der Waals surface area contributed by atoms with E-state index in [1.165, 1.54) is 16.4 Å². The number of benzene rings is 2. The van der Waals surface area contributed by atoms with Gasteiger partial charge in [-0.15, -0.1) is 0 Å². The third kappa shape index (κ3) is 3.98. The number of sulfonamides is 1. The number of aromatic nitrogens is 2. The highest BCUT2D eigenvalue weighted by atomic mass is 35.5. The number of hydrogen-bond acceptors (Lipinski definition) is 5. The molecule has 0 radical (unpaired) electrons. The molecule has 1 aliphatic heterocycles. The summed E-state index contributed by atoms with van der Waals surface area (Å²) in [6, 6.07) is 11.4. The van der Waals surface area contributed by atoms with E-state index in [9.17, 15) is 13.2 Å². The van der Waals surface area contributed by atoms with Crippen molar-refractivity contribution < 1.29 is 8.42 Å². The van der Waals surface area contributed by atoms with Gasteiger partial charge in [-0.3, -0.25) is 9.69 Å². The van der Waals surface area contributed by atoms with Gasteiger partial charge in [0.15, 0.2) is 0 Å². The molecular weight excluding hydrogens is 447 g/mol. The number of nitrogens with one attached hydrogen (secondary N) is 1. The van der Waals surface area contributed by atoms with Crippen LogP contribution >= 0.6 is 23.2 Å². The molecule has 0 amide bonds. The Morgan fingerprint density at radius 2 is 1.77 bits per heavy atom. The molecule has 10 heteroatoms. The van der Waals surface area contributed by atoms with Crippen molar-refractivity contribution in [3.05, 3.63) is 68.7 Å². The van der Waals surface area contributed by atoms with E-state index in [2.05, 4.69) is 14.9 Å². The summed E-state index contributed by atoms with van der Waals surface area (Å²) in [5.74, 6) is 0.563. The second kappa shape index (κ2) is 8.28. The van der Waals surface area contributed by atoms with Gasteiger partial charge in [-0.2, -0.15) is 4.31 Å². The van der Waals surface area contributed by atoms with Gasteiger partial charge in [0.1, 0.15) is 10.7 Å². The SMILES string of the molecule is C[C@@H](c1nc2ccccc2c(=O)[nH]1)N1CCN(S(=O)(=O)c2cc(Cl)ccc2Cl)CC1. The zero-order valence-corrected chi connectivity index (χ0v) is 18.5. The molecule has 1 atom stereocenters. The summed E-state index contributed by atoms with van der Waals surface area (Å²) in [5, 5.41) is 1.01. The molecule has 1 saturated heterocycles. The molecule has 2 heterocycles. The summed E-state index contributed by atoms with van der Waals surface area (Å²) >= 11 is 12.1. The lowest BCUT2D eigenvalue weighted by molar-refractivity contribution is 0.141. The number of halogens is 2. The molecule has 1 aromatic heterocycles. The smallest absolute Gasteiger partial charge is 0.258 e. The molecule has 1 N–H and O–H groups in total. The molecule has 4 rings (SSSR count). The summed E-state index contributed by atoms with van der Waals surface area (Å²) in [5.41, 5.74) is 0.458. The molecule has 1 aliphatic rings. The Bertz CT molecular complexity index is 1250. The summed E-state index contributed by atoms with van der Waals surface area (Å²) in [7, 11) is -3.75. The second-order valence-corrected chi connectivity index (χ2v) is 9.91. The highest BCUT2D eigenvalue weighted by Gasteiger charge is 2.32. The molecule has 30 heavy (non-hydrogen) atoms. The second-order valence-electron chi connectivity index (χ2n) is 7.16. The minimum atomic E-state index is -3.75. The monoisotopic (exact) mass is 466 g/mol. The van der Waals surface area contributed by atoms with Crippen molar-refractivity contribution in [3.63, 3.8) is 0 Å². The molecule has 0 saturated carbocycles. The van der Waals surface area contributed by atoms with Crippen molar-refractivity contribution in [2.75, 3.05) is 26.2 Å². The van der Waals surface area contributed by atoms with Crippen LogP contribution in [0.25, 0.3) is 10.9 Å². The third-order valence-corrected chi connectivity index (χ3v) is 7.97. The molecule has 3 aromatic rings. The maximum absolute atomic E-state index is 13.0. The average Bonchev–Trinajstić information content (AvgIpc) is 2.75. The first-order chi connectivity index (χ1) is 14.3. The minimum absolute atomic E-state index is 0.0127. The van der Waals surface area contributed by atoms with Gasteiger partial charge in [0.25, 0.3) is 5.56 Å². The fraction of sp³-hybridized carbons (Fsp3) is 0.300. The van der Waals surface area contributed by atoms with E-state index in [0.717, 1.165) is 0 Å². The number of hydrogen-bond donors (Lipinski definition) is 1. The van der Waals surface area contributed by atoms with Gasteiger partial charge >= 0.3 is 0 Å². The molecule has 0 spiro atoms. The highest BCUT2D eigenvalue weighted by Crippen LogP contribution is 2.29. The lowest BCUT2D eigenvalue weighted by atomic mass is 10.2. The van der Waals surface area contributed by atoms with Crippen molar-refractivity contribution in [2.24, 2.45) is 0 Å². The summed E-state index contributed by atoms with van der Waals surface area (Å²) < 4.78 is 27.4. The lowest BCUT2D eigenvalue weighted by Crippen LogP contribution is -2.49. The Balaban J connectivity index is 1.52. The predicted molar refractivity (Wildman–Crippen MR) is 118 cm³/mol. The van der Waals surface area contributed by atoms with Crippen LogP contribution in [-0.4, -0.2) is 53.8 Å². The molecule has 0 aliphatic carbocycles. The number of fused-ring (bicyclic) bond motifs is 1. The maximum Gasteiger partial charge on any atom is 0.258 e. The van der Waals surface area contributed by atoms with Crippen molar-refractivity contribution in [3.8, 4) is 0 Å². The number of nitrogens with zero attached hydrogens (tertiary/aromatic N) is 3. The van der Waals surface area contributed by atoms with Crippen molar-refractivity contribution in [1.29, 1.82) is 0 Å². The van der Waals surface area contributed by atoms with E-state index in [4.69, 9.17) is 23.2 Å². The third-order valence-electron chi connectivity index (χ3n) is 5.36. The number of aromatic amines is 1.